The van der Waals surface area contributed by atoms with Crippen LogP contribution in [0.4, 0.5) is 0 Å². The first-order valence-electron chi connectivity index (χ1n) is 4.15. The van der Waals surface area contributed by atoms with Crippen LogP contribution in [-0.4, -0.2) is 21.5 Å². The molecule has 5 heteroatoms. The van der Waals surface area contributed by atoms with E-state index in [2.05, 4.69) is 0 Å². The van der Waals surface area contributed by atoms with Crippen molar-refractivity contribution < 1.29 is 19.4 Å². The van der Waals surface area contributed by atoms with Crippen molar-refractivity contribution in [3.05, 3.63) is 35.4 Å². The van der Waals surface area contributed by atoms with Gasteiger partial charge in [0.25, 0.3) is 0 Å². The molecule has 0 saturated carbocycles. The largest absolute Gasteiger partial charge is 0.393 e. The van der Waals surface area contributed by atoms with Gasteiger partial charge in [-0.05, 0) is 12.5 Å². The molecule has 0 fully saturated rings. The van der Waals surface area contributed by atoms with Crippen molar-refractivity contribution >= 4 is 8.60 Å². The molecule has 1 aromatic carbocycles. The third kappa shape index (κ3) is 3.33. The summed E-state index contributed by atoms with van der Waals surface area (Å²) in [6.07, 6.45) is -0.670. The van der Waals surface area contributed by atoms with E-state index in [0.29, 0.717) is 0 Å². The maximum atomic E-state index is 8.96. The molecule has 1 atom stereocenters. The summed E-state index contributed by atoms with van der Waals surface area (Å²) in [6, 6.07) is 7.32. The molecular weight excluding hydrogens is 203 g/mol. The van der Waals surface area contributed by atoms with Gasteiger partial charge in [-0.3, -0.25) is 0 Å². The molecule has 3 N–H and O–H groups in total. The Morgan fingerprint density at radius 2 is 1.86 bits per heavy atom. The quantitative estimate of drug-likeness (QED) is 0.662. The molecule has 1 rings (SSSR count). The van der Waals surface area contributed by atoms with E-state index >= 15 is 0 Å². The SMILES string of the molecule is Cc1ccc(C(CO)OP(O)O)cc1. The van der Waals surface area contributed by atoms with Crippen LogP contribution in [0.25, 0.3) is 0 Å². The zero-order chi connectivity index (χ0) is 10.6. The average molecular weight is 216 g/mol. The zero-order valence-corrected chi connectivity index (χ0v) is 8.69. The fourth-order valence-corrected chi connectivity index (χ4v) is 1.51. The Hall–Kier alpha value is -0.510. The second-order valence-corrected chi connectivity index (χ2v) is 3.66. The first-order chi connectivity index (χ1) is 6.63. The van der Waals surface area contributed by atoms with Crippen LogP contribution in [0.5, 0.6) is 0 Å². The Labute approximate surface area is 83.8 Å². The third-order valence-corrected chi connectivity index (χ3v) is 2.28. The van der Waals surface area contributed by atoms with Crippen LogP contribution in [-0.2, 0) is 4.52 Å². The van der Waals surface area contributed by atoms with Gasteiger partial charge in [0.1, 0.15) is 6.10 Å². The minimum atomic E-state index is -2.44. The molecule has 1 aromatic rings. The molecule has 0 spiro atoms. The number of aliphatic hydroxyl groups excluding tert-OH is 1. The van der Waals surface area contributed by atoms with Crippen molar-refractivity contribution in [3.8, 4) is 0 Å². The molecule has 1 unspecified atom stereocenters. The lowest BCUT2D eigenvalue weighted by Crippen LogP contribution is -2.06. The molecule has 0 aliphatic heterocycles. The molecule has 0 aliphatic carbocycles. The summed E-state index contributed by atoms with van der Waals surface area (Å²) < 4.78 is 4.75. The molecule has 78 valence electrons. The molecule has 0 bridgehead atoms. The van der Waals surface area contributed by atoms with E-state index < -0.39 is 14.7 Å². The minimum absolute atomic E-state index is 0.275. The summed E-state index contributed by atoms with van der Waals surface area (Å²) in [6.45, 7) is 1.67. The Bertz CT molecular complexity index is 273. The van der Waals surface area contributed by atoms with Crippen LogP contribution >= 0.6 is 8.60 Å². The van der Waals surface area contributed by atoms with E-state index in [-0.39, 0.29) is 6.61 Å². The molecule has 4 nitrogen and oxygen atoms in total. The van der Waals surface area contributed by atoms with Gasteiger partial charge in [0.05, 0.1) is 6.61 Å². The molecule has 0 amide bonds. The number of rotatable bonds is 4. The molecule has 0 radical (unpaired) electrons. The zero-order valence-electron chi connectivity index (χ0n) is 7.79. The molecule has 14 heavy (non-hydrogen) atoms. The second-order valence-electron chi connectivity index (χ2n) is 2.94. The van der Waals surface area contributed by atoms with Crippen molar-refractivity contribution in [2.24, 2.45) is 0 Å². The predicted molar refractivity (Wildman–Crippen MR) is 53.4 cm³/mol. The van der Waals surface area contributed by atoms with E-state index in [1.807, 2.05) is 19.1 Å². The monoisotopic (exact) mass is 216 g/mol. The van der Waals surface area contributed by atoms with E-state index in [1.54, 1.807) is 12.1 Å². The molecule has 0 saturated heterocycles. The van der Waals surface area contributed by atoms with E-state index in [1.165, 1.54) is 0 Å². The van der Waals surface area contributed by atoms with Gasteiger partial charge in [-0.15, -0.1) is 0 Å². The second kappa shape index (κ2) is 5.39. The maximum Gasteiger partial charge on any atom is 0.327 e. The number of aryl methyl sites for hydroxylation is 1. The highest BCUT2D eigenvalue weighted by Crippen LogP contribution is 2.33. The summed E-state index contributed by atoms with van der Waals surface area (Å²) >= 11 is 0. The topological polar surface area (TPSA) is 69.9 Å². The average Bonchev–Trinajstić information content (AvgIpc) is 2.15. The van der Waals surface area contributed by atoms with Crippen LogP contribution in [0, 0.1) is 6.92 Å². The van der Waals surface area contributed by atoms with Crippen LogP contribution in [0.1, 0.15) is 17.2 Å². The van der Waals surface area contributed by atoms with Gasteiger partial charge in [0.2, 0.25) is 0 Å². The van der Waals surface area contributed by atoms with E-state index in [9.17, 15) is 0 Å². The van der Waals surface area contributed by atoms with E-state index in [0.717, 1.165) is 11.1 Å². The standard InChI is InChI=1S/C9H13O4P/c1-7-2-4-8(5-3-7)9(6-10)13-14(11)12/h2-5,9-12H,6H2,1H3. The van der Waals surface area contributed by atoms with Gasteiger partial charge < -0.3 is 19.4 Å². The van der Waals surface area contributed by atoms with Crippen molar-refractivity contribution in [3.63, 3.8) is 0 Å². The first kappa shape index (κ1) is 11.6. The summed E-state index contributed by atoms with van der Waals surface area (Å²) in [7, 11) is -2.44. The number of benzene rings is 1. The van der Waals surface area contributed by atoms with Gasteiger partial charge >= 0.3 is 8.60 Å². The summed E-state index contributed by atoms with van der Waals surface area (Å²) in [5.41, 5.74) is 1.83. The van der Waals surface area contributed by atoms with Crippen molar-refractivity contribution in [2.45, 2.75) is 13.0 Å². The van der Waals surface area contributed by atoms with E-state index in [4.69, 9.17) is 19.4 Å². The Morgan fingerprint density at radius 3 is 2.29 bits per heavy atom. The van der Waals surface area contributed by atoms with Gasteiger partial charge in [0, 0.05) is 0 Å². The van der Waals surface area contributed by atoms with Gasteiger partial charge in [0.15, 0.2) is 0 Å². The van der Waals surface area contributed by atoms with Gasteiger partial charge in [-0.1, -0.05) is 29.8 Å². The lowest BCUT2D eigenvalue weighted by Gasteiger charge is -2.15. The highest BCUT2D eigenvalue weighted by molar-refractivity contribution is 7.39. The fourth-order valence-electron chi connectivity index (χ4n) is 1.09. The molecule has 0 aromatic heterocycles. The fraction of sp³-hybridized carbons (Fsp3) is 0.333. The number of hydrogen-bond donors (Lipinski definition) is 3. The first-order valence-corrected chi connectivity index (χ1v) is 5.32. The van der Waals surface area contributed by atoms with Crippen LogP contribution in [0.15, 0.2) is 24.3 Å². The lowest BCUT2D eigenvalue weighted by molar-refractivity contribution is 0.102. The Morgan fingerprint density at radius 1 is 1.29 bits per heavy atom. The highest BCUT2D eigenvalue weighted by Gasteiger charge is 2.14. The smallest absolute Gasteiger partial charge is 0.327 e. The van der Waals surface area contributed by atoms with Crippen LogP contribution in [0.2, 0.25) is 0 Å². The molecule has 0 aliphatic rings. The van der Waals surface area contributed by atoms with Crippen molar-refractivity contribution in [1.29, 1.82) is 0 Å². The third-order valence-electron chi connectivity index (χ3n) is 1.84. The molecular formula is C9H13O4P. The van der Waals surface area contributed by atoms with Crippen LogP contribution in [0.3, 0.4) is 0 Å². The summed E-state index contributed by atoms with van der Waals surface area (Å²) in [5.74, 6) is 0. The maximum absolute atomic E-state index is 8.96. The highest BCUT2D eigenvalue weighted by atomic mass is 31.2. The predicted octanol–water partition coefficient (Wildman–Crippen LogP) is 1.26. The summed E-state index contributed by atoms with van der Waals surface area (Å²) in [4.78, 5) is 17.3. The van der Waals surface area contributed by atoms with Crippen molar-refractivity contribution in [1.82, 2.24) is 0 Å². The summed E-state index contributed by atoms with van der Waals surface area (Å²) in [5, 5.41) is 8.96. The number of aliphatic hydroxyl groups is 1. The number of hydrogen-bond acceptors (Lipinski definition) is 4. The normalized spacial score (nSPS) is 13.2. The van der Waals surface area contributed by atoms with Crippen molar-refractivity contribution in [2.75, 3.05) is 6.61 Å². The van der Waals surface area contributed by atoms with Crippen LogP contribution < -0.4 is 0 Å². The lowest BCUT2D eigenvalue weighted by atomic mass is 10.1. The van der Waals surface area contributed by atoms with Gasteiger partial charge in [-0.2, -0.15) is 0 Å². The minimum Gasteiger partial charge on any atom is -0.393 e. The van der Waals surface area contributed by atoms with Gasteiger partial charge in [-0.25, -0.2) is 0 Å². The molecule has 0 heterocycles. The Balaban J connectivity index is 2.73. The Kier molecular flexibility index (Phi) is 4.45.